The summed E-state index contributed by atoms with van der Waals surface area (Å²) in [6.45, 7) is 19.0. The van der Waals surface area contributed by atoms with Gasteiger partial charge in [-0.3, -0.25) is 0 Å². The Morgan fingerprint density at radius 3 is 1.84 bits per heavy atom. The fourth-order valence-corrected chi connectivity index (χ4v) is 2.77. The smallest absolute Gasteiger partial charge is 0.0611 e. The van der Waals surface area contributed by atoms with Crippen LogP contribution in [0.1, 0.15) is 54.9 Å². The minimum absolute atomic E-state index is 0.166. The molecule has 2 N–H and O–H groups in total. The van der Waals surface area contributed by atoms with E-state index < -0.39 is 0 Å². The van der Waals surface area contributed by atoms with Gasteiger partial charge in [-0.2, -0.15) is 0 Å². The van der Waals surface area contributed by atoms with E-state index in [-0.39, 0.29) is 12.1 Å². The molecule has 0 aromatic heterocycles. The quantitative estimate of drug-likeness (QED) is 0.642. The highest BCUT2D eigenvalue weighted by Gasteiger charge is 2.27. The van der Waals surface area contributed by atoms with E-state index in [1.807, 2.05) is 0 Å². The van der Waals surface area contributed by atoms with Crippen molar-refractivity contribution >= 4 is 0 Å². The number of rotatable bonds is 10. The van der Waals surface area contributed by atoms with E-state index in [1.54, 1.807) is 0 Å². The first-order valence-corrected chi connectivity index (χ1v) is 7.84. The largest absolute Gasteiger partial charge is 0.394 e. The van der Waals surface area contributed by atoms with Gasteiger partial charge in [-0.05, 0) is 38.6 Å². The molecule has 0 fully saturated rings. The third kappa shape index (κ3) is 7.91. The molecule has 3 nitrogen and oxygen atoms in total. The van der Waals surface area contributed by atoms with Crippen molar-refractivity contribution in [3.63, 3.8) is 0 Å². The molecule has 0 saturated heterocycles. The van der Waals surface area contributed by atoms with Gasteiger partial charge in [-0.25, -0.2) is 0 Å². The molecule has 0 aliphatic carbocycles. The minimum atomic E-state index is -0.166. The van der Waals surface area contributed by atoms with Crippen molar-refractivity contribution < 1.29 is 5.11 Å². The van der Waals surface area contributed by atoms with Crippen molar-refractivity contribution in [1.29, 1.82) is 0 Å². The molecule has 2 unspecified atom stereocenters. The fourth-order valence-electron chi connectivity index (χ4n) is 2.77. The monoisotopic (exact) mass is 272 g/mol. The van der Waals surface area contributed by atoms with Crippen LogP contribution in [0.3, 0.4) is 0 Å². The number of likely N-dealkylation sites (N-methyl/N-ethyl adjacent to an activating group) is 1. The molecular formula is C16H36N2O. The predicted octanol–water partition coefficient (Wildman–Crippen LogP) is 2.74. The Morgan fingerprint density at radius 1 is 1.05 bits per heavy atom. The summed E-state index contributed by atoms with van der Waals surface area (Å²) in [5.41, 5.74) is -0.166. The van der Waals surface area contributed by atoms with Crippen molar-refractivity contribution in [2.75, 3.05) is 26.2 Å². The molecule has 0 spiro atoms. The van der Waals surface area contributed by atoms with Crippen LogP contribution >= 0.6 is 0 Å². The number of nitrogens with one attached hydrogen (secondary N) is 1. The average Bonchev–Trinajstić information content (AvgIpc) is 2.27. The zero-order valence-electron chi connectivity index (χ0n) is 14.2. The van der Waals surface area contributed by atoms with Crippen LogP contribution in [0.4, 0.5) is 0 Å². The predicted molar refractivity (Wildman–Crippen MR) is 84.5 cm³/mol. The molecule has 0 saturated carbocycles. The summed E-state index contributed by atoms with van der Waals surface area (Å²) in [5.74, 6) is 1.36. The maximum absolute atomic E-state index is 9.63. The van der Waals surface area contributed by atoms with E-state index in [2.05, 4.69) is 58.7 Å². The summed E-state index contributed by atoms with van der Waals surface area (Å²) in [6.07, 6.45) is 0.983. The van der Waals surface area contributed by atoms with Gasteiger partial charge in [0.05, 0.1) is 6.61 Å². The van der Waals surface area contributed by atoms with Crippen LogP contribution in [0.15, 0.2) is 0 Å². The maximum Gasteiger partial charge on any atom is 0.0611 e. The van der Waals surface area contributed by atoms with Gasteiger partial charge in [-0.1, -0.05) is 34.6 Å². The zero-order valence-corrected chi connectivity index (χ0v) is 14.2. The molecule has 0 aromatic rings. The summed E-state index contributed by atoms with van der Waals surface area (Å²) < 4.78 is 0. The van der Waals surface area contributed by atoms with Gasteiger partial charge >= 0.3 is 0 Å². The van der Waals surface area contributed by atoms with Gasteiger partial charge in [0.15, 0.2) is 0 Å². The molecule has 0 heterocycles. The third-order valence-corrected chi connectivity index (χ3v) is 3.52. The highest BCUT2D eigenvalue weighted by molar-refractivity contribution is 4.87. The van der Waals surface area contributed by atoms with Crippen LogP contribution in [0.2, 0.25) is 0 Å². The fraction of sp³-hybridized carbons (Fsp3) is 1.00. The molecule has 0 aliphatic rings. The Labute approximate surface area is 120 Å². The standard InChI is InChI=1S/C16H36N2O/c1-8-17-16(7,12-19)9-15(6)18(10-13(2)3)11-14(4)5/h13-15,17,19H,8-12H2,1-7H3. The van der Waals surface area contributed by atoms with Gasteiger partial charge in [-0.15, -0.1) is 0 Å². The van der Waals surface area contributed by atoms with Crippen LogP contribution < -0.4 is 5.32 Å². The normalized spacial score (nSPS) is 17.2. The molecule has 0 aromatic carbocycles. The Bertz CT molecular complexity index is 221. The minimum Gasteiger partial charge on any atom is -0.394 e. The van der Waals surface area contributed by atoms with E-state index in [0.29, 0.717) is 17.9 Å². The van der Waals surface area contributed by atoms with Gasteiger partial charge in [0.1, 0.15) is 0 Å². The molecule has 0 rings (SSSR count). The van der Waals surface area contributed by atoms with Crippen LogP contribution in [-0.2, 0) is 0 Å². The van der Waals surface area contributed by atoms with E-state index in [0.717, 1.165) is 26.1 Å². The molecule has 0 radical (unpaired) electrons. The zero-order chi connectivity index (χ0) is 15.1. The van der Waals surface area contributed by atoms with Crippen molar-refractivity contribution in [2.45, 2.75) is 66.5 Å². The number of aliphatic hydroxyl groups is 1. The molecule has 0 aliphatic heterocycles. The highest BCUT2D eigenvalue weighted by atomic mass is 16.3. The number of hydrogen-bond acceptors (Lipinski definition) is 3. The highest BCUT2D eigenvalue weighted by Crippen LogP contribution is 2.18. The molecule has 19 heavy (non-hydrogen) atoms. The van der Waals surface area contributed by atoms with Crippen LogP contribution in [0.25, 0.3) is 0 Å². The van der Waals surface area contributed by atoms with Crippen molar-refractivity contribution in [2.24, 2.45) is 11.8 Å². The molecular weight excluding hydrogens is 236 g/mol. The van der Waals surface area contributed by atoms with Crippen molar-refractivity contribution in [3.8, 4) is 0 Å². The number of hydrogen-bond donors (Lipinski definition) is 2. The van der Waals surface area contributed by atoms with Gasteiger partial charge in [0, 0.05) is 24.7 Å². The van der Waals surface area contributed by atoms with E-state index in [1.165, 1.54) is 0 Å². The first-order valence-electron chi connectivity index (χ1n) is 7.84. The lowest BCUT2D eigenvalue weighted by Crippen LogP contribution is -2.51. The molecule has 0 amide bonds. The van der Waals surface area contributed by atoms with Gasteiger partial charge < -0.3 is 15.3 Å². The topological polar surface area (TPSA) is 35.5 Å². The summed E-state index contributed by atoms with van der Waals surface area (Å²) in [4.78, 5) is 2.57. The summed E-state index contributed by atoms with van der Waals surface area (Å²) in [7, 11) is 0. The lowest BCUT2D eigenvalue weighted by Gasteiger charge is -2.38. The van der Waals surface area contributed by atoms with Crippen LogP contribution in [-0.4, -0.2) is 47.8 Å². The third-order valence-electron chi connectivity index (χ3n) is 3.52. The van der Waals surface area contributed by atoms with Crippen LogP contribution in [0, 0.1) is 11.8 Å². The lowest BCUT2D eigenvalue weighted by molar-refractivity contribution is 0.101. The van der Waals surface area contributed by atoms with Crippen molar-refractivity contribution in [1.82, 2.24) is 10.2 Å². The summed E-state index contributed by atoms with van der Waals surface area (Å²) in [6, 6.07) is 0.487. The van der Waals surface area contributed by atoms with E-state index in [4.69, 9.17) is 0 Å². The lowest BCUT2D eigenvalue weighted by atomic mass is 9.92. The SMILES string of the molecule is CCNC(C)(CO)CC(C)N(CC(C)C)CC(C)C. The second-order valence-electron chi connectivity index (χ2n) is 7.04. The Hall–Kier alpha value is -0.120. The Kier molecular flexibility index (Phi) is 8.88. The van der Waals surface area contributed by atoms with Crippen LogP contribution in [0.5, 0.6) is 0 Å². The Balaban J connectivity index is 4.63. The van der Waals surface area contributed by atoms with E-state index >= 15 is 0 Å². The summed E-state index contributed by atoms with van der Waals surface area (Å²) >= 11 is 0. The first-order chi connectivity index (χ1) is 8.74. The second-order valence-corrected chi connectivity index (χ2v) is 7.04. The maximum atomic E-state index is 9.63. The molecule has 0 bridgehead atoms. The van der Waals surface area contributed by atoms with Gasteiger partial charge in [0.25, 0.3) is 0 Å². The van der Waals surface area contributed by atoms with E-state index in [9.17, 15) is 5.11 Å². The second kappa shape index (κ2) is 8.93. The molecule has 2 atom stereocenters. The number of aliphatic hydroxyl groups excluding tert-OH is 1. The molecule has 3 heteroatoms. The summed E-state index contributed by atoms with van der Waals surface area (Å²) in [5, 5.41) is 13.1. The molecule has 116 valence electrons. The van der Waals surface area contributed by atoms with Crippen molar-refractivity contribution in [3.05, 3.63) is 0 Å². The average molecular weight is 272 g/mol. The first kappa shape index (κ1) is 18.9. The number of nitrogens with zero attached hydrogens (tertiary/aromatic N) is 1. The van der Waals surface area contributed by atoms with Gasteiger partial charge in [0.2, 0.25) is 0 Å². The Morgan fingerprint density at radius 2 is 1.53 bits per heavy atom.